The molecule has 0 spiro atoms. The first-order chi connectivity index (χ1) is 17.1. The third kappa shape index (κ3) is 5.12. The van der Waals surface area contributed by atoms with E-state index in [0.717, 1.165) is 46.9 Å². The second-order valence-corrected chi connectivity index (χ2v) is 10.1. The van der Waals surface area contributed by atoms with Crippen LogP contribution in [0.4, 0.5) is 0 Å². The van der Waals surface area contributed by atoms with E-state index in [1.807, 2.05) is 32.0 Å². The van der Waals surface area contributed by atoms with Crippen LogP contribution in [0, 0.1) is 11.3 Å². The number of hydrogen-bond donors (Lipinski definition) is 1. The van der Waals surface area contributed by atoms with E-state index in [2.05, 4.69) is 70.1 Å². The van der Waals surface area contributed by atoms with Gasteiger partial charge in [-0.25, -0.2) is 0 Å². The second-order valence-electron chi connectivity index (χ2n) is 9.09. The SMILES string of the molecule is CC(C)Oc1ccc(-c2nnc(-c3cccc4c3CCC[C@H]4NCc3ccccc3)s2)cc1C#N. The lowest BCUT2D eigenvalue weighted by molar-refractivity contribution is 0.242. The van der Waals surface area contributed by atoms with Gasteiger partial charge in [0.2, 0.25) is 0 Å². The molecule has 176 valence electrons. The van der Waals surface area contributed by atoms with Crippen LogP contribution in [0.5, 0.6) is 5.75 Å². The Labute approximate surface area is 210 Å². The Balaban J connectivity index is 1.41. The number of nitrogens with zero attached hydrogens (tertiary/aromatic N) is 3. The first kappa shape index (κ1) is 23.2. The number of hydrogen-bond acceptors (Lipinski definition) is 6. The van der Waals surface area contributed by atoms with Crippen LogP contribution in [0.2, 0.25) is 0 Å². The highest BCUT2D eigenvalue weighted by Gasteiger charge is 2.24. The van der Waals surface area contributed by atoms with Crippen LogP contribution < -0.4 is 10.1 Å². The Hall–Kier alpha value is -3.53. The normalized spacial score (nSPS) is 15.0. The molecule has 1 atom stereocenters. The fraction of sp³-hybridized carbons (Fsp3) is 0.276. The van der Waals surface area contributed by atoms with E-state index in [-0.39, 0.29) is 6.10 Å². The molecular formula is C29H28N4OS. The van der Waals surface area contributed by atoms with Crippen LogP contribution in [0.25, 0.3) is 21.1 Å². The van der Waals surface area contributed by atoms with E-state index in [1.54, 1.807) is 11.3 Å². The molecule has 5 rings (SSSR count). The summed E-state index contributed by atoms with van der Waals surface area (Å²) in [6.07, 6.45) is 3.33. The predicted octanol–water partition coefficient (Wildman–Crippen LogP) is 6.70. The summed E-state index contributed by atoms with van der Waals surface area (Å²) in [5.41, 5.74) is 6.59. The predicted molar refractivity (Wildman–Crippen MR) is 140 cm³/mol. The van der Waals surface area contributed by atoms with Crippen LogP contribution in [-0.2, 0) is 13.0 Å². The third-order valence-electron chi connectivity index (χ3n) is 6.27. The topological polar surface area (TPSA) is 70.8 Å². The van der Waals surface area contributed by atoms with Gasteiger partial charge in [-0.3, -0.25) is 0 Å². The highest BCUT2D eigenvalue weighted by atomic mass is 32.1. The number of ether oxygens (including phenoxy) is 1. The van der Waals surface area contributed by atoms with Crippen LogP contribution in [-0.4, -0.2) is 16.3 Å². The average molecular weight is 481 g/mol. The molecule has 5 nitrogen and oxygen atoms in total. The van der Waals surface area contributed by atoms with Crippen LogP contribution in [0.15, 0.2) is 66.7 Å². The molecule has 1 heterocycles. The summed E-state index contributed by atoms with van der Waals surface area (Å²) in [6.45, 7) is 4.76. The molecule has 4 aromatic rings. The van der Waals surface area contributed by atoms with E-state index < -0.39 is 0 Å². The molecule has 0 radical (unpaired) electrons. The Bertz CT molecular complexity index is 1360. The standard InChI is InChI=1S/C29H28N4OS/c1-19(2)34-27-15-14-21(16-22(27)17-30)28-32-33-29(35-28)25-12-6-11-24-23(25)10-7-13-26(24)31-18-20-8-4-3-5-9-20/h3-6,8-9,11-12,14-16,19,26,31H,7,10,13,18H2,1-2H3/t26-/m1/s1. The molecule has 0 bridgehead atoms. The molecule has 1 N–H and O–H groups in total. The number of aromatic nitrogens is 2. The maximum Gasteiger partial charge on any atom is 0.148 e. The summed E-state index contributed by atoms with van der Waals surface area (Å²) in [7, 11) is 0. The van der Waals surface area contributed by atoms with Crippen molar-refractivity contribution < 1.29 is 4.74 Å². The van der Waals surface area contributed by atoms with Gasteiger partial charge in [-0.1, -0.05) is 59.9 Å². The van der Waals surface area contributed by atoms with E-state index in [9.17, 15) is 5.26 Å². The lowest BCUT2D eigenvalue weighted by Gasteiger charge is -2.28. The Morgan fingerprint density at radius 2 is 1.89 bits per heavy atom. The molecule has 0 unspecified atom stereocenters. The van der Waals surface area contributed by atoms with Gasteiger partial charge in [0.05, 0.1) is 11.7 Å². The Morgan fingerprint density at radius 1 is 1.06 bits per heavy atom. The van der Waals surface area contributed by atoms with Gasteiger partial charge in [-0.15, -0.1) is 10.2 Å². The zero-order valence-electron chi connectivity index (χ0n) is 20.0. The maximum absolute atomic E-state index is 9.59. The largest absolute Gasteiger partial charge is 0.490 e. The van der Waals surface area contributed by atoms with Crippen molar-refractivity contribution in [3.05, 3.63) is 89.0 Å². The molecule has 0 saturated carbocycles. The van der Waals surface area contributed by atoms with Crippen molar-refractivity contribution in [3.8, 4) is 33.0 Å². The summed E-state index contributed by atoms with van der Waals surface area (Å²) >= 11 is 1.57. The molecular weight excluding hydrogens is 452 g/mol. The summed E-state index contributed by atoms with van der Waals surface area (Å²) < 4.78 is 5.76. The highest BCUT2D eigenvalue weighted by Crippen LogP contribution is 2.39. The number of nitriles is 1. The van der Waals surface area contributed by atoms with Gasteiger partial charge in [0, 0.05) is 23.7 Å². The zero-order valence-corrected chi connectivity index (χ0v) is 20.8. The highest BCUT2D eigenvalue weighted by molar-refractivity contribution is 7.17. The van der Waals surface area contributed by atoms with Crippen molar-refractivity contribution in [2.45, 2.75) is 51.8 Å². The molecule has 0 amide bonds. The third-order valence-corrected chi connectivity index (χ3v) is 7.27. The number of benzene rings is 3. The van der Waals surface area contributed by atoms with Gasteiger partial charge in [-0.2, -0.15) is 5.26 Å². The Kier molecular flexibility index (Phi) is 6.89. The number of fused-ring (bicyclic) bond motifs is 1. The summed E-state index contributed by atoms with van der Waals surface area (Å²) in [6, 6.07) is 25.3. The average Bonchev–Trinajstić information content (AvgIpc) is 3.38. The molecule has 0 saturated heterocycles. The molecule has 0 aliphatic heterocycles. The van der Waals surface area contributed by atoms with Gasteiger partial charge in [0.25, 0.3) is 0 Å². The molecule has 3 aromatic carbocycles. The summed E-state index contributed by atoms with van der Waals surface area (Å²) in [5.74, 6) is 0.599. The zero-order chi connectivity index (χ0) is 24.2. The van der Waals surface area contributed by atoms with Crippen LogP contribution in [0.1, 0.15) is 55.0 Å². The van der Waals surface area contributed by atoms with Gasteiger partial charge in [0.1, 0.15) is 21.8 Å². The van der Waals surface area contributed by atoms with Gasteiger partial charge in [0.15, 0.2) is 0 Å². The molecule has 1 aliphatic carbocycles. The minimum Gasteiger partial charge on any atom is -0.490 e. The monoisotopic (exact) mass is 480 g/mol. The quantitative estimate of drug-likeness (QED) is 0.319. The van der Waals surface area contributed by atoms with Crippen LogP contribution >= 0.6 is 11.3 Å². The molecule has 1 aliphatic rings. The summed E-state index contributed by atoms with van der Waals surface area (Å²) in [4.78, 5) is 0. The second kappa shape index (κ2) is 10.4. The van der Waals surface area contributed by atoms with Crippen molar-refractivity contribution in [2.24, 2.45) is 0 Å². The van der Waals surface area contributed by atoms with Crippen LogP contribution in [0.3, 0.4) is 0 Å². The van der Waals surface area contributed by atoms with Crippen molar-refractivity contribution in [1.29, 1.82) is 5.26 Å². The Morgan fingerprint density at radius 3 is 2.69 bits per heavy atom. The summed E-state index contributed by atoms with van der Waals surface area (Å²) in [5, 5.41) is 24.1. The lowest BCUT2D eigenvalue weighted by atomic mass is 9.85. The van der Waals surface area contributed by atoms with E-state index in [0.29, 0.717) is 17.4 Å². The van der Waals surface area contributed by atoms with Crippen molar-refractivity contribution in [1.82, 2.24) is 15.5 Å². The molecule has 1 aromatic heterocycles. The van der Waals surface area contributed by atoms with Gasteiger partial charge >= 0.3 is 0 Å². The van der Waals surface area contributed by atoms with Crippen molar-refractivity contribution >= 4 is 11.3 Å². The van der Waals surface area contributed by atoms with E-state index in [1.165, 1.54) is 16.7 Å². The van der Waals surface area contributed by atoms with Gasteiger partial charge in [-0.05, 0) is 68.0 Å². The maximum atomic E-state index is 9.59. The first-order valence-corrected chi connectivity index (χ1v) is 12.9. The van der Waals surface area contributed by atoms with E-state index >= 15 is 0 Å². The number of rotatable bonds is 7. The van der Waals surface area contributed by atoms with Crippen molar-refractivity contribution in [3.63, 3.8) is 0 Å². The van der Waals surface area contributed by atoms with Gasteiger partial charge < -0.3 is 10.1 Å². The first-order valence-electron chi connectivity index (χ1n) is 12.1. The fourth-order valence-electron chi connectivity index (χ4n) is 4.65. The minimum absolute atomic E-state index is 0.0105. The molecule has 35 heavy (non-hydrogen) atoms. The fourth-order valence-corrected chi connectivity index (χ4v) is 5.55. The molecule has 0 fully saturated rings. The smallest absolute Gasteiger partial charge is 0.148 e. The number of nitrogens with one attached hydrogen (secondary N) is 1. The van der Waals surface area contributed by atoms with E-state index in [4.69, 9.17) is 4.74 Å². The lowest BCUT2D eigenvalue weighted by Crippen LogP contribution is -2.25. The minimum atomic E-state index is 0.0105. The molecule has 6 heteroatoms. The van der Waals surface area contributed by atoms with Crippen molar-refractivity contribution in [2.75, 3.05) is 0 Å².